The van der Waals surface area contributed by atoms with E-state index in [1.165, 1.54) is 0 Å². The Balaban J connectivity index is 1.82. The molecule has 6 heteroatoms. The lowest BCUT2D eigenvalue weighted by Crippen LogP contribution is -2.51. The molecule has 1 unspecified atom stereocenters. The van der Waals surface area contributed by atoms with Crippen molar-refractivity contribution in [3.8, 4) is 0 Å². The molecule has 3 rings (SSSR count). The number of hydrazine groups is 1. The minimum absolute atomic E-state index is 0.256. The lowest BCUT2D eigenvalue weighted by molar-refractivity contribution is 0.0702. The fourth-order valence-electron chi connectivity index (χ4n) is 2.82. The maximum atomic E-state index is 6.04. The van der Waals surface area contributed by atoms with Crippen LogP contribution in [-0.2, 0) is 4.74 Å². The predicted molar refractivity (Wildman–Crippen MR) is 72.5 cm³/mol. The van der Waals surface area contributed by atoms with Gasteiger partial charge in [-0.05, 0) is 25.3 Å². The van der Waals surface area contributed by atoms with Crippen LogP contribution >= 0.6 is 0 Å². The summed E-state index contributed by atoms with van der Waals surface area (Å²) in [6.07, 6.45) is 6.66. The van der Waals surface area contributed by atoms with Crippen LogP contribution in [0.25, 0.3) is 0 Å². The summed E-state index contributed by atoms with van der Waals surface area (Å²) in [5, 5.41) is 4.55. The molecule has 2 saturated heterocycles. The van der Waals surface area contributed by atoms with E-state index in [0.29, 0.717) is 6.04 Å². The first-order chi connectivity index (χ1) is 9.34. The first kappa shape index (κ1) is 12.8. The molecule has 0 aliphatic carbocycles. The zero-order valence-corrected chi connectivity index (χ0v) is 11.1. The summed E-state index contributed by atoms with van der Waals surface area (Å²) < 4.78 is 5.46. The monoisotopic (exact) mass is 263 g/mol. The van der Waals surface area contributed by atoms with Crippen molar-refractivity contribution in [2.75, 3.05) is 31.3 Å². The smallest absolute Gasteiger partial charge is 0.240 e. The molecule has 2 fully saturated rings. The summed E-state index contributed by atoms with van der Waals surface area (Å²) in [6, 6.07) is 2.52. The molecule has 0 aromatic carbocycles. The molecule has 0 saturated carbocycles. The number of anilines is 1. The van der Waals surface area contributed by atoms with Crippen molar-refractivity contribution < 1.29 is 4.74 Å². The summed E-state index contributed by atoms with van der Waals surface area (Å²) in [7, 11) is 0. The molecule has 1 aromatic heterocycles. The van der Waals surface area contributed by atoms with E-state index in [0.717, 1.165) is 51.5 Å². The van der Waals surface area contributed by atoms with Crippen LogP contribution in [0.2, 0.25) is 0 Å². The number of hydrogen-bond donors (Lipinski definition) is 1. The van der Waals surface area contributed by atoms with E-state index in [4.69, 9.17) is 10.5 Å². The Hall–Kier alpha value is -1.24. The minimum Gasteiger partial charge on any atom is -0.381 e. The van der Waals surface area contributed by atoms with Crippen LogP contribution in [0.1, 0.15) is 19.3 Å². The van der Waals surface area contributed by atoms with E-state index in [1.807, 2.05) is 6.07 Å². The molecular weight excluding hydrogens is 242 g/mol. The molecule has 1 atom stereocenters. The topological polar surface area (TPSA) is 67.5 Å². The molecule has 2 N–H and O–H groups in total. The van der Waals surface area contributed by atoms with Crippen LogP contribution in [0.5, 0.6) is 0 Å². The second-order valence-electron chi connectivity index (χ2n) is 5.20. The number of rotatable bonds is 3. The van der Waals surface area contributed by atoms with Gasteiger partial charge in [0.1, 0.15) is 0 Å². The highest BCUT2D eigenvalue weighted by Gasteiger charge is 2.32. The molecule has 0 amide bonds. The van der Waals surface area contributed by atoms with Crippen LogP contribution in [0.15, 0.2) is 18.5 Å². The van der Waals surface area contributed by atoms with E-state index < -0.39 is 0 Å². The Labute approximate surface area is 113 Å². The van der Waals surface area contributed by atoms with Crippen molar-refractivity contribution in [3.05, 3.63) is 18.5 Å². The predicted octanol–water partition coefficient (Wildman–Crippen LogP) is 0.410. The van der Waals surface area contributed by atoms with Gasteiger partial charge in [-0.3, -0.25) is 5.01 Å². The zero-order valence-electron chi connectivity index (χ0n) is 11.1. The van der Waals surface area contributed by atoms with Crippen molar-refractivity contribution in [2.24, 2.45) is 5.73 Å². The van der Waals surface area contributed by atoms with E-state index in [9.17, 15) is 0 Å². The van der Waals surface area contributed by atoms with Crippen LogP contribution < -0.4 is 10.7 Å². The van der Waals surface area contributed by atoms with Crippen molar-refractivity contribution in [2.45, 2.75) is 31.3 Å². The van der Waals surface area contributed by atoms with Gasteiger partial charge in [-0.1, -0.05) is 0 Å². The van der Waals surface area contributed by atoms with Gasteiger partial charge >= 0.3 is 0 Å². The van der Waals surface area contributed by atoms with E-state index in [-0.39, 0.29) is 6.04 Å². The number of nitrogens with two attached hydrogens (primary N) is 1. The second kappa shape index (κ2) is 5.81. The average molecular weight is 263 g/mol. The summed E-state index contributed by atoms with van der Waals surface area (Å²) in [5.41, 5.74) is 6.04. The standard InChI is InChI=1S/C13H21N5O/c14-11-2-7-17(10-11)18(12-3-8-19-9-4-12)13-15-5-1-6-16-13/h1,5-6,11-12H,2-4,7-10,14H2. The van der Waals surface area contributed by atoms with Crippen LogP contribution in [0, 0.1) is 0 Å². The molecular formula is C13H21N5O. The molecule has 6 nitrogen and oxygen atoms in total. The fraction of sp³-hybridized carbons (Fsp3) is 0.692. The van der Waals surface area contributed by atoms with Gasteiger partial charge in [-0.2, -0.15) is 0 Å². The fourth-order valence-corrected chi connectivity index (χ4v) is 2.82. The number of ether oxygens (including phenoxy) is 1. The van der Waals surface area contributed by atoms with Gasteiger partial charge < -0.3 is 10.5 Å². The van der Waals surface area contributed by atoms with Crippen LogP contribution in [0.3, 0.4) is 0 Å². The Bertz CT molecular complexity index is 391. The van der Waals surface area contributed by atoms with Crippen LogP contribution in [-0.4, -0.2) is 53.4 Å². The molecule has 2 aliphatic rings. The van der Waals surface area contributed by atoms with Crippen molar-refractivity contribution >= 4 is 5.95 Å². The van der Waals surface area contributed by atoms with Gasteiger partial charge in [0, 0.05) is 44.7 Å². The Morgan fingerprint density at radius 3 is 2.58 bits per heavy atom. The first-order valence-electron chi connectivity index (χ1n) is 6.99. The van der Waals surface area contributed by atoms with Gasteiger partial charge in [0.05, 0.1) is 6.04 Å². The number of nitrogens with zero attached hydrogens (tertiary/aromatic N) is 4. The normalized spacial score (nSPS) is 25.6. The van der Waals surface area contributed by atoms with Gasteiger partial charge in [0.25, 0.3) is 0 Å². The highest BCUT2D eigenvalue weighted by atomic mass is 16.5. The largest absolute Gasteiger partial charge is 0.381 e. The van der Waals surface area contributed by atoms with Gasteiger partial charge in [-0.25, -0.2) is 15.0 Å². The van der Waals surface area contributed by atoms with Gasteiger partial charge in [-0.15, -0.1) is 0 Å². The quantitative estimate of drug-likeness (QED) is 0.852. The molecule has 19 heavy (non-hydrogen) atoms. The average Bonchev–Trinajstić information content (AvgIpc) is 2.88. The summed E-state index contributed by atoms with van der Waals surface area (Å²) >= 11 is 0. The highest BCUT2D eigenvalue weighted by Crippen LogP contribution is 2.24. The molecule has 1 aromatic rings. The molecule has 0 bridgehead atoms. The van der Waals surface area contributed by atoms with Gasteiger partial charge in [0.15, 0.2) is 0 Å². The Morgan fingerprint density at radius 2 is 1.95 bits per heavy atom. The maximum Gasteiger partial charge on any atom is 0.240 e. The van der Waals surface area contributed by atoms with Gasteiger partial charge in [0.2, 0.25) is 5.95 Å². The Kier molecular flexibility index (Phi) is 3.91. The third-order valence-corrected chi connectivity index (χ3v) is 3.80. The lowest BCUT2D eigenvalue weighted by atomic mass is 10.1. The SMILES string of the molecule is NC1CCN(N(c2ncccn2)C2CCOCC2)C1. The number of hydrogen-bond acceptors (Lipinski definition) is 6. The van der Waals surface area contributed by atoms with Crippen LogP contribution in [0.4, 0.5) is 5.95 Å². The molecule has 2 aliphatic heterocycles. The molecule has 104 valence electrons. The van der Waals surface area contributed by atoms with Crippen molar-refractivity contribution in [3.63, 3.8) is 0 Å². The lowest BCUT2D eigenvalue weighted by Gasteiger charge is -2.39. The summed E-state index contributed by atoms with van der Waals surface area (Å²) in [4.78, 5) is 8.83. The molecule has 0 spiro atoms. The Morgan fingerprint density at radius 1 is 1.21 bits per heavy atom. The summed E-state index contributed by atoms with van der Waals surface area (Å²) in [6.45, 7) is 3.49. The third-order valence-electron chi connectivity index (χ3n) is 3.80. The van der Waals surface area contributed by atoms with E-state index in [1.54, 1.807) is 12.4 Å². The number of aromatic nitrogens is 2. The maximum absolute atomic E-state index is 6.04. The highest BCUT2D eigenvalue weighted by molar-refractivity contribution is 5.29. The molecule has 0 radical (unpaired) electrons. The van der Waals surface area contributed by atoms with E-state index in [2.05, 4.69) is 20.0 Å². The third kappa shape index (κ3) is 2.86. The minimum atomic E-state index is 0.256. The first-order valence-corrected chi connectivity index (χ1v) is 6.99. The summed E-state index contributed by atoms with van der Waals surface area (Å²) in [5.74, 6) is 0.781. The second-order valence-corrected chi connectivity index (χ2v) is 5.20. The van der Waals surface area contributed by atoms with Crippen molar-refractivity contribution in [1.82, 2.24) is 15.0 Å². The zero-order chi connectivity index (χ0) is 13.1. The van der Waals surface area contributed by atoms with Crippen molar-refractivity contribution in [1.29, 1.82) is 0 Å². The molecule has 3 heterocycles. The van der Waals surface area contributed by atoms with E-state index >= 15 is 0 Å².